The highest BCUT2D eigenvalue weighted by atomic mass is 16.5. The van der Waals surface area contributed by atoms with Crippen LogP contribution < -0.4 is 4.74 Å². The van der Waals surface area contributed by atoms with Crippen molar-refractivity contribution in [1.82, 2.24) is 25.0 Å². The summed E-state index contributed by atoms with van der Waals surface area (Å²) in [6.45, 7) is 0.631. The lowest BCUT2D eigenvalue weighted by Gasteiger charge is -2.33. The smallest absolute Gasteiger partial charge is 0.278 e. The first-order valence-electron chi connectivity index (χ1n) is 8.88. The van der Waals surface area contributed by atoms with E-state index in [2.05, 4.69) is 20.1 Å². The summed E-state index contributed by atoms with van der Waals surface area (Å²) in [5.41, 5.74) is 0.511. The zero-order valence-corrected chi connectivity index (χ0v) is 14.7. The number of para-hydroxylation sites is 1. The number of aromatic nitrogens is 4. The topological polar surface area (TPSA) is 94.2 Å². The van der Waals surface area contributed by atoms with Crippen LogP contribution in [0.3, 0.4) is 0 Å². The SMILES string of the molecule is O=C(COc1ccccc1)N1CCCC[C@@H]1c1noc(-c2cnccn2)n1. The predicted molar refractivity (Wildman–Crippen MR) is 95.6 cm³/mol. The molecule has 0 bridgehead atoms. The number of ether oxygens (including phenoxy) is 1. The van der Waals surface area contributed by atoms with Gasteiger partial charge in [0.05, 0.1) is 12.2 Å². The Morgan fingerprint density at radius 2 is 2.11 bits per heavy atom. The third-order valence-electron chi connectivity index (χ3n) is 4.45. The fourth-order valence-electron chi connectivity index (χ4n) is 3.13. The van der Waals surface area contributed by atoms with Gasteiger partial charge < -0.3 is 14.2 Å². The van der Waals surface area contributed by atoms with Crippen LogP contribution in [0.15, 0.2) is 53.4 Å². The zero-order valence-electron chi connectivity index (χ0n) is 14.7. The molecule has 0 unspecified atom stereocenters. The Balaban J connectivity index is 1.47. The Morgan fingerprint density at radius 3 is 2.93 bits per heavy atom. The number of amides is 1. The van der Waals surface area contributed by atoms with Gasteiger partial charge in [-0.15, -0.1) is 0 Å². The van der Waals surface area contributed by atoms with Gasteiger partial charge in [0.15, 0.2) is 12.4 Å². The maximum atomic E-state index is 12.7. The molecular formula is C19H19N5O3. The van der Waals surface area contributed by atoms with Gasteiger partial charge in [0.1, 0.15) is 11.4 Å². The number of piperidine rings is 1. The summed E-state index contributed by atoms with van der Waals surface area (Å²) in [7, 11) is 0. The minimum atomic E-state index is -0.222. The van der Waals surface area contributed by atoms with Gasteiger partial charge in [0, 0.05) is 18.9 Å². The van der Waals surface area contributed by atoms with E-state index in [0.29, 0.717) is 29.7 Å². The van der Waals surface area contributed by atoms with Gasteiger partial charge in [0.2, 0.25) is 0 Å². The van der Waals surface area contributed by atoms with Crippen molar-refractivity contribution in [2.75, 3.05) is 13.2 Å². The van der Waals surface area contributed by atoms with E-state index in [1.165, 1.54) is 0 Å². The van der Waals surface area contributed by atoms with Gasteiger partial charge in [-0.25, -0.2) is 4.98 Å². The molecule has 27 heavy (non-hydrogen) atoms. The molecule has 1 fully saturated rings. The Bertz CT molecular complexity index is 885. The molecule has 1 aromatic carbocycles. The highest BCUT2D eigenvalue weighted by Gasteiger charge is 2.32. The maximum Gasteiger partial charge on any atom is 0.278 e. The average molecular weight is 365 g/mol. The van der Waals surface area contributed by atoms with E-state index in [9.17, 15) is 4.79 Å². The monoisotopic (exact) mass is 365 g/mol. The largest absolute Gasteiger partial charge is 0.484 e. The molecule has 1 aliphatic rings. The van der Waals surface area contributed by atoms with E-state index in [0.717, 1.165) is 19.3 Å². The van der Waals surface area contributed by atoms with E-state index in [1.807, 2.05) is 30.3 Å². The van der Waals surface area contributed by atoms with E-state index in [1.54, 1.807) is 23.5 Å². The molecular weight excluding hydrogens is 346 g/mol. The molecule has 2 aromatic heterocycles. The van der Waals surface area contributed by atoms with Crippen molar-refractivity contribution >= 4 is 5.91 Å². The highest BCUT2D eigenvalue weighted by molar-refractivity contribution is 5.78. The lowest BCUT2D eigenvalue weighted by Crippen LogP contribution is -2.41. The van der Waals surface area contributed by atoms with Crippen LogP contribution >= 0.6 is 0 Å². The lowest BCUT2D eigenvalue weighted by molar-refractivity contribution is -0.137. The fraction of sp³-hybridized carbons (Fsp3) is 0.316. The van der Waals surface area contributed by atoms with Crippen LogP contribution in [0.25, 0.3) is 11.6 Å². The molecule has 8 nitrogen and oxygen atoms in total. The standard InChI is InChI=1S/C19H19N5O3/c25-17(13-26-14-6-2-1-3-7-14)24-11-5-4-8-16(24)18-22-19(27-23-18)15-12-20-9-10-21-15/h1-3,6-7,9-10,12,16H,4-5,8,11,13H2/t16-/m1/s1. The van der Waals surface area contributed by atoms with Crippen LogP contribution in [0, 0.1) is 0 Å². The van der Waals surface area contributed by atoms with Crippen LogP contribution in [0.4, 0.5) is 0 Å². The van der Waals surface area contributed by atoms with Gasteiger partial charge in [-0.05, 0) is 31.4 Å². The second-order valence-electron chi connectivity index (χ2n) is 6.25. The molecule has 3 heterocycles. The number of carbonyl (C=O) groups is 1. The molecule has 4 rings (SSSR count). The first-order valence-corrected chi connectivity index (χ1v) is 8.88. The van der Waals surface area contributed by atoms with E-state index in [4.69, 9.17) is 9.26 Å². The van der Waals surface area contributed by atoms with Crippen LogP contribution in [0.5, 0.6) is 5.75 Å². The number of benzene rings is 1. The molecule has 3 aromatic rings. The molecule has 0 N–H and O–H groups in total. The van der Waals surface area contributed by atoms with Crippen molar-refractivity contribution in [2.45, 2.75) is 25.3 Å². The quantitative estimate of drug-likeness (QED) is 0.686. The van der Waals surface area contributed by atoms with Crippen molar-refractivity contribution in [2.24, 2.45) is 0 Å². The van der Waals surface area contributed by atoms with Gasteiger partial charge in [-0.2, -0.15) is 4.98 Å². The summed E-state index contributed by atoms with van der Waals surface area (Å²) in [5.74, 6) is 1.37. The zero-order chi connectivity index (χ0) is 18.5. The second kappa shape index (κ2) is 7.94. The molecule has 1 atom stereocenters. The minimum absolute atomic E-state index is 0.0185. The second-order valence-corrected chi connectivity index (χ2v) is 6.25. The molecule has 1 aliphatic heterocycles. The normalized spacial score (nSPS) is 16.9. The Labute approximate surface area is 156 Å². The van der Waals surface area contributed by atoms with Gasteiger partial charge >= 0.3 is 0 Å². The molecule has 8 heteroatoms. The summed E-state index contributed by atoms with van der Waals surface area (Å²) in [4.78, 5) is 27.1. The highest BCUT2D eigenvalue weighted by Crippen LogP contribution is 2.30. The lowest BCUT2D eigenvalue weighted by atomic mass is 10.0. The van der Waals surface area contributed by atoms with Crippen LogP contribution in [-0.4, -0.2) is 44.1 Å². The van der Waals surface area contributed by atoms with Crippen LogP contribution in [0.1, 0.15) is 31.1 Å². The molecule has 1 amide bonds. The molecule has 0 saturated carbocycles. The van der Waals surface area contributed by atoms with Crippen molar-refractivity contribution < 1.29 is 14.1 Å². The first-order chi connectivity index (χ1) is 13.3. The van der Waals surface area contributed by atoms with E-state index in [-0.39, 0.29) is 18.6 Å². The number of hydrogen-bond donors (Lipinski definition) is 0. The Morgan fingerprint density at radius 1 is 1.22 bits per heavy atom. The number of likely N-dealkylation sites (tertiary alicyclic amines) is 1. The summed E-state index contributed by atoms with van der Waals surface area (Å²) in [5, 5.41) is 4.08. The van der Waals surface area contributed by atoms with E-state index < -0.39 is 0 Å². The fourth-order valence-corrected chi connectivity index (χ4v) is 3.13. The third kappa shape index (κ3) is 3.94. The van der Waals surface area contributed by atoms with Gasteiger partial charge in [-0.1, -0.05) is 23.4 Å². The summed E-state index contributed by atoms with van der Waals surface area (Å²) >= 11 is 0. The summed E-state index contributed by atoms with van der Waals surface area (Å²) in [6.07, 6.45) is 7.45. The molecule has 0 radical (unpaired) electrons. The Kier molecular flexibility index (Phi) is 5.04. The van der Waals surface area contributed by atoms with Crippen LogP contribution in [0.2, 0.25) is 0 Å². The van der Waals surface area contributed by atoms with Crippen molar-refractivity contribution in [1.29, 1.82) is 0 Å². The summed E-state index contributed by atoms with van der Waals surface area (Å²) < 4.78 is 10.9. The molecule has 1 saturated heterocycles. The number of carbonyl (C=O) groups excluding carboxylic acids is 1. The van der Waals surface area contributed by atoms with Crippen molar-refractivity contribution in [3.05, 3.63) is 54.7 Å². The number of hydrogen-bond acceptors (Lipinski definition) is 7. The Hall–Kier alpha value is -3.29. The average Bonchev–Trinajstić information content (AvgIpc) is 3.23. The van der Waals surface area contributed by atoms with E-state index >= 15 is 0 Å². The van der Waals surface area contributed by atoms with Crippen LogP contribution in [-0.2, 0) is 4.79 Å². The van der Waals surface area contributed by atoms with Gasteiger partial charge in [0.25, 0.3) is 11.8 Å². The predicted octanol–water partition coefficient (Wildman–Crippen LogP) is 2.66. The van der Waals surface area contributed by atoms with Crippen molar-refractivity contribution in [3.63, 3.8) is 0 Å². The maximum absolute atomic E-state index is 12.7. The molecule has 0 spiro atoms. The molecule has 0 aliphatic carbocycles. The van der Waals surface area contributed by atoms with Gasteiger partial charge in [-0.3, -0.25) is 9.78 Å². The molecule has 138 valence electrons. The summed E-state index contributed by atoms with van der Waals surface area (Å²) in [6, 6.07) is 9.08. The van der Waals surface area contributed by atoms with Crippen molar-refractivity contribution in [3.8, 4) is 17.3 Å². The first kappa shape index (κ1) is 17.1. The third-order valence-corrected chi connectivity index (χ3v) is 4.45. The minimum Gasteiger partial charge on any atom is -0.484 e. The number of nitrogens with zero attached hydrogens (tertiary/aromatic N) is 5. The number of rotatable bonds is 5.